The molecule has 2 aromatic carbocycles. The molecule has 6 nitrogen and oxygen atoms in total. The topological polar surface area (TPSA) is 73.9 Å². The van der Waals surface area contributed by atoms with Crippen molar-refractivity contribution in [2.45, 2.75) is 20.0 Å². The van der Waals surface area contributed by atoms with Crippen molar-refractivity contribution in [3.63, 3.8) is 0 Å². The highest BCUT2D eigenvalue weighted by Crippen LogP contribution is 2.28. The third-order valence-corrected chi connectivity index (χ3v) is 3.75. The van der Waals surface area contributed by atoms with Gasteiger partial charge in [-0.15, -0.1) is 0 Å². The Balaban J connectivity index is 1.98. The van der Waals surface area contributed by atoms with E-state index in [-0.39, 0.29) is 5.69 Å². The molecule has 0 aliphatic carbocycles. The molecule has 0 radical (unpaired) electrons. The molecule has 0 aromatic heterocycles. The number of benzene rings is 2. The zero-order valence-electron chi connectivity index (χ0n) is 16.2. The molecule has 0 bridgehead atoms. The van der Waals surface area contributed by atoms with E-state index in [9.17, 15) is 18.4 Å². The fourth-order valence-corrected chi connectivity index (χ4v) is 2.32. The Morgan fingerprint density at radius 2 is 1.90 bits per heavy atom. The zero-order chi connectivity index (χ0) is 21.4. The second kappa shape index (κ2) is 10.2. The van der Waals surface area contributed by atoms with Crippen molar-refractivity contribution >= 4 is 23.6 Å². The van der Waals surface area contributed by atoms with Crippen molar-refractivity contribution in [3.05, 3.63) is 59.7 Å². The molecule has 0 unspecified atom stereocenters. The second-order valence-electron chi connectivity index (χ2n) is 5.87. The van der Waals surface area contributed by atoms with E-state index in [1.165, 1.54) is 20.1 Å². The molecule has 0 heterocycles. The van der Waals surface area contributed by atoms with Crippen molar-refractivity contribution < 1.29 is 32.6 Å². The van der Waals surface area contributed by atoms with Crippen LogP contribution in [0.1, 0.15) is 19.4 Å². The Morgan fingerprint density at radius 3 is 2.59 bits per heavy atom. The molecule has 2 rings (SSSR count). The number of esters is 1. The van der Waals surface area contributed by atoms with E-state index in [0.29, 0.717) is 23.7 Å². The van der Waals surface area contributed by atoms with Crippen molar-refractivity contribution in [2.75, 3.05) is 19.0 Å². The predicted molar refractivity (Wildman–Crippen MR) is 104 cm³/mol. The summed E-state index contributed by atoms with van der Waals surface area (Å²) in [5, 5.41) is 2.18. The number of amides is 1. The molecule has 0 spiro atoms. The first kappa shape index (κ1) is 21.9. The quantitative estimate of drug-likeness (QED) is 0.532. The third kappa shape index (κ3) is 6.31. The van der Waals surface area contributed by atoms with Gasteiger partial charge in [-0.3, -0.25) is 4.79 Å². The van der Waals surface area contributed by atoms with E-state index in [1.807, 2.05) is 6.92 Å². The summed E-state index contributed by atoms with van der Waals surface area (Å²) in [4.78, 5) is 24.0. The van der Waals surface area contributed by atoms with Gasteiger partial charge in [0.25, 0.3) is 5.91 Å². The number of carbonyl (C=O) groups is 2. The molecule has 0 saturated carbocycles. The average molecular weight is 405 g/mol. The maximum absolute atomic E-state index is 13.6. The maximum Gasteiger partial charge on any atom is 0.331 e. The summed E-state index contributed by atoms with van der Waals surface area (Å²) < 4.78 is 42.4. The van der Waals surface area contributed by atoms with Crippen LogP contribution in [-0.2, 0) is 14.3 Å². The summed E-state index contributed by atoms with van der Waals surface area (Å²) in [7, 11) is 1.52. The molecule has 154 valence electrons. The number of carbonyl (C=O) groups excluding carboxylic acids is 2. The summed E-state index contributed by atoms with van der Waals surface area (Å²) in [5.74, 6) is -2.00. The average Bonchev–Trinajstić information content (AvgIpc) is 2.69. The Labute approximate surface area is 167 Å². The number of anilines is 1. The molecule has 0 saturated heterocycles. The Morgan fingerprint density at radius 1 is 1.14 bits per heavy atom. The monoisotopic (exact) mass is 405 g/mol. The number of hydrogen-bond acceptors (Lipinski definition) is 5. The van der Waals surface area contributed by atoms with E-state index in [1.54, 1.807) is 18.2 Å². The van der Waals surface area contributed by atoms with Crippen LogP contribution >= 0.6 is 0 Å². The van der Waals surface area contributed by atoms with Gasteiger partial charge in [0.1, 0.15) is 11.6 Å². The molecule has 29 heavy (non-hydrogen) atoms. The lowest BCUT2D eigenvalue weighted by molar-refractivity contribution is -0.148. The number of nitrogens with one attached hydrogen (secondary N) is 1. The number of methoxy groups -OCH3 is 1. The third-order valence-electron chi connectivity index (χ3n) is 3.75. The summed E-state index contributed by atoms with van der Waals surface area (Å²) in [6.45, 7) is 3.60. The van der Waals surface area contributed by atoms with E-state index in [0.717, 1.165) is 24.3 Å². The molecule has 0 aliphatic heterocycles. The Hall–Kier alpha value is -3.42. The van der Waals surface area contributed by atoms with E-state index >= 15 is 0 Å². The van der Waals surface area contributed by atoms with Crippen LogP contribution in [0.25, 0.3) is 6.08 Å². The molecular weight excluding hydrogens is 384 g/mol. The first-order chi connectivity index (χ1) is 13.8. The fraction of sp³-hybridized carbons (Fsp3) is 0.238. The van der Waals surface area contributed by atoms with Gasteiger partial charge in [0.2, 0.25) is 0 Å². The van der Waals surface area contributed by atoms with Crippen LogP contribution in [0.3, 0.4) is 0 Å². The number of hydrogen-bond donors (Lipinski definition) is 1. The van der Waals surface area contributed by atoms with Crippen LogP contribution in [0, 0.1) is 11.6 Å². The van der Waals surface area contributed by atoms with E-state index in [4.69, 9.17) is 14.2 Å². The van der Waals surface area contributed by atoms with Gasteiger partial charge in [0, 0.05) is 12.1 Å². The molecule has 8 heteroatoms. The molecule has 0 aliphatic rings. The van der Waals surface area contributed by atoms with Gasteiger partial charge in [-0.1, -0.05) is 6.07 Å². The van der Waals surface area contributed by atoms with Crippen LogP contribution in [0.5, 0.6) is 11.5 Å². The van der Waals surface area contributed by atoms with Crippen LogP contribution in [0.4, 0.5) is 14.5 Å². The lowest BCUT2D eigenvalue weighted by Gasteiger charge is -2.13. The van der Waals surface area contributed by atoms with E-state index in [2.05, 4.69) is 5.32 Å². The second-order valence-corrected chi connectivity index (χ2v) is 5.87. The van der Waals surface area contributed by atoms with Gasteiger partial charge >= 0.3 is 5.97 Å². The first-order valence-corrected chi connectivity index (χ1v) is 8.79. The van der Waals surface area contributed by atoms with Gasteiger partial charge in [-0.2, -0.15) is 0 Å². The Bertz CT molecular complexity index is 914. The normalized spacial score (nSPS) is 11.8. The summed E-state index contributed by atoms with van der Waals surface area (Å²) >= 11 is 0. The van der Waals surface area contributed by atoms with Crippen molar-refractivity contribution in [3.8, 4) is 11.5 Å². The highest BCUT2D eigenvalue weighted by molar-refractivity contribution is 5.96. The standard InChI is InChI=1S/C21H21F2NO5/c1-4-28-19-11-14(5-9-18(19)27-3)6-10-20(25)29-13(2)21(26)24-17-12-15(22)7-8-16(17)23/h5-13H,4H2,1-3H3,(H,24,26)/b10-6+/t13-/m0/s1. The highest BCUT2D eigenvalue weighted by Gasteiger charge is 2.18. The summed E-state index contributed by atoms with van der Waals surface area (Å²) in [6.07, 6.45) is 1.41. The van der Waals surface area contributed by atoms with Gasteiger partial charge in [-0.05, 0) is 49.8 Å². The first-order valence-electron chi connectivity index (χ1n) is 8.79. The van der Waals surface area contributed by atoms with Crippen LogP contribution in [0.2, 0.25) is 0 Å². The molecule has 1 amide bonds. The number of halogens is 2. The predicted octanol–water partition coefficient (Wildman–Crippen LogP) is 3.96. The molecule has 1 atom stereocenters. The number of ether oxygens (including phenoxy) is 3. The molecular formula is C21H21F2NO5. The SMILES string of the molecule is CCOc1cc(/C=C/C(=O)O[C@@H](C)C(=O)Nc2cc(F)ccc2F)ccc1OC. The number of rotatable bonds is 8. The van der Waals surface area contributed by atoms with Gasteiger partial charge in [0.15, 0.2) is 17.6 Å². The fourth-order valence-electron chi connectivity index (χ4n) is 2.32. The van der Waals surface area contributed by atoms with Gasteiger partial charge < -0.3 is 19.5 Å². The van der Waals surface area contributed by atoms with Crippen molar-refractivity contribution in [2.24, 2.45) is 0 Å². The largest absolute Gasteiger partial charge is 0.493 e. The maximum atomic E-state index is 13.6. The minimum absolute atomic E-state index is 0.338. The molecule has 1 N–H and O–H groups in total. The van der Waals surface area contributed by atoms with Gasteiger partial charge in [-0.25, -0.2) is 13.6 Å². The Kier molecular flexibility index (Phi) is 7.70. The lowest BCUT2D eigenvalue weighted by Crippen LogP contribution is -2.29. The van der Waals surface area contributed by atoms with Crippen LogP contribution in [-0.4, -0.2) is 31.7 Å². The van der Waals surface area contributed by atoms with Gasteiger partial charge in [0.05, 0.1) is 19.4 Å². The molecule has 2 aromatic rings. The summed E-state index contributed by atoms with van der Waals surface area (Å²) in [6, 6.07) is 7.75. The van der Waals surface area contributed by atoms with Crippen LogP contribution < -0.4 is 14.8 Å². The van der Waals surface area contributed by atoms with Crippen molar-refractivity contribution in [1.29, 1.82) is 0 Å². The lowest BCUT2D eigenvalue weighted by atomic mass is 10.2. The zero-order valence-corrected chi connectivity index (χ0v) is 16.2. The van der Waals surface area contributed by atoms with Crippen molar-refractivity contribution in [1.82, 2.24) is 0 Å². The van der Waals surface area contributed by atoms with Crippen LogP contribution in [0.15, 0.2) is 42.5 Å². The highest BCUT2D eigenvalue weighted by atomic mass is 19.1. The minimum Gasteiger partial charge on any atom is -0.493 e. The smallest absolute Gasteiger partial charge is 0.331 e. The van der Waals surface area contributed by atoms with E-state index < -0.39 is 29.6 Å². The summed E-state index contributed by atoms with van der Waals surface area (Å²) in [5.41, 5.74) is 0.320. The molecule has 0 fully saturated rings. The minimum atomic E-state index is -1.22.